The molecule has 2 aromatic rings. The first kappa shape index (κ1) is 16.3. The molecule has 0 aliphatic carbocycles. The molecule has 0 spiro atoms. The molecule has 2 heterocycles. The number of aromatic nitrogens is 4. The third kappa shape index (κ3) is 4.48. The highest BCUT2D eigenvalue weighted by Crippen LogP contribution is 2.17. The molecule has 2 rings (SSSR count). The maximum Gasteiger partial charge on any atom is 0.208 e. The quantitative estimate of drug-likeness (QED) is 0.525. The molecule has 0 saturated heterocycles. The minimum absolute atomic E-state index is 0.332. The SMILES string of the molecule is CCCCC#Cc1nc(Cl)c2[nH]c(C#CCCCC)nc2n1. The smallest absolute Gasteiger partial charge is 0.208 e. The second kappa shape index (κ2) is 8.41. The van der Waals surface area contributed by atoms with E-state index in [1.54, 1.807) is 0 Å². The van der Waals surface area contributed by atoms with Crippen LogP contribution in [0.4, 0.5) is 0 Å². The number of hydrogen-bond acceptors (Lipinski definition) is 3. The van der Waals surface area contributed by atoms with Gasteiger partial charge in [0.05, 0.1) is 0 Å². The van der Waals surface area contributed by atoms with Crippen molar-refractivity contribution in [1.29, 1.82) is 0 Å². The van der Waals surface area contributed by atoms with E-state index in [1.165, 1.54) is 0 Å². The Hall–Kier alpha value is -2.04. The maximum absolute atomic E-state index is 6.16. The van der Waals surface area contributed by atoms with Crippen molar-refractivity contribution in [2.24, 2.45) is 0 Å². The summed E-state index contributed by atoms with van der Waals surface area (Å²) in [6, 6.07) is 0. The summed E-state index contributed by atoms with van der Waals surface area (Å²) in [5.41, 5.74) is 1.13. The Morgan fingerprint density at radius 3 is 2.32 bits per heavy atom. The number of halogens is 1. The number of aromatic amines is 1. The van der Waals surface area contributed by atoms with Crippen molar-refractivity contribution < 1.29 is 0 Å². The molecule has 0 fully saturated rings. The summed E-state index contributed by atoms with van der Waals surface area (Å²) in [4.78, 5) is 15.9. The van der Waals surface area contributed by atoms with Gasteiger partial charge in [-0.15, -0.1) is 0 Å². The third-order valence-corrected chi connectivity index (χ3v) is 3.30. The van der Waals surface area contributed by atoms with E-state index in [1.807, 2.05) is 0 Å². The summed E-state index contributed by atoms with van der Waals surface area (Å²) in [6.45, 7) is 4.27. The molecule has 0 atom stereocenters. The van der Waals surface area contributed by atoms with Gasteiger partial charge in [-0.1, -0.05) is 50.1 Å². The first-order chi connectivity index (χ1) is 10.7. The van der Waals surface area contributed by atoms with E-state index in [2.05, 4.69) is 57.5 Å². The molecule has 0 saturated carbocycles. The Bertz CT molecular complexity index is 756. The fourth-order valence-electron chi connectivity index (χ4n) is 1.80. The van der Waals surface area contributed by atoms with E-state index < -0.39 is 0 Å². The van der Waals surface area contributed by atoms with E-state index >= 15 is 0 Å². The van der Waals surface area contributed by atoms with Crippen molar-refractivity contribution >= 4 is 22.8 Å². The van der Waals surface area contributed by atoms with Gasteiger partial charge >= 0.3 is 0 Å². The molecular weight excluding hydrogens is 296 g/mol. The summed E-state index contributed by atoms with van der Waals surface area (Å²) in [5.74, 6) is 13.0. The fourth-order valence-corrected chi connectivity index (χ4v) is 2.01. The Balaban J connectivity index is 2.21. The topological polar surface area (TPSA) is 54.5 Å². The van der Waals surface area contributed by atoms with E-state index in [4.69, 9.17) is 11.6 Å². The molecule has 0 unspecified atom stereocenters. The van der Waals surface area contributed by atoms with Gasteiger partial charge in [0.2, 0.25) is 5.82 Å². The zero-order valence-corrected chi connectivity index (χ0v) is 13.7. The van der Waals surface area contributed by atoms with Crippen LogP contribution in [-0.4, -0.2) is 19.9 Å². The normalized spacial score (nSPS) is 9.95. The highest BCUT2D eigenvalue weighted by atomic mass is 35.5. The van der Waals surface area contributed by atoms with Crippen LogP contribution < -0.4 is 0 Å². The Morgan fingerprint density at radius 2 is 1.64 bits per heavy atom. The first-order valence-corrected chi connectivity index (χ1v) is 8.03. The van der Waals surface area contributed by atoms with Crippen LogP contribution in [0.3, 0.4) is 0 Å². The second-order valence-corrected chi connectivity index (χ2v) is 5.29. The molecule has 22 heavy (non-hydrogen) atoms. The lowest BCUT2D eigenvalue weighted by atomic mass is 10.2. The van der Waals surface area contributed by atoms with Crippen molar-refractivity contribution in [2.75, 3.05) is 0 Å². The zero-order valence-electron chi connectivity index (χ0n) is 13.0. The highest BCUT2D eigenvalue weighted by molar-refractivity contribution is 6.33. The molecule has 0 aromatic carbocycles. The minimum Gasteiger partial charge on any atom is -0.327 e. The van der Waals surface area contributed by atoms with Crippen molar-refractivity contribution in [2.45, 2.75) is 52.4 Å². The number of nitrogens with zero attached hydrogens (tertiary/aromatic N) is 3. The fraction of sp³-hybridized carbons (Fsp3) is 0.471. The lowest BCUT2D eigenvalue weighted by Gasteiger charge is -1.93. The van der Waals surface area contributed by atoms with Crippen LogP contribution in [0.25, 0.3) is 11.2 Å². The molecule has 4 nitrogen and oxygen atoms in total. The average Bonchev–Trinajstić information content (AvgIpc) is 2.92. The van der Waals surface area contributed by atoms with Crippen LogP contribution >= 0.6 is 11.6 Å². The lowest BCUT2D eigenvalue weighted by Crippen LogP contribution is -1.91. The number of hydrogen-bond donors (Lipinski definition) is 1. The Morgan fingerprint density at radius 1 is 0.955 bits per heavy atom. The summed E-state index contributed by atoms with van der Waals surface area (Å²) in [7, 11) is 0. The average molecular weight is 315 g/mol. The number of imidazole rings is 1. The van der Waals surface area contributed by atoms with Gasteiger partial charge in [-0.3, -0.25) is 0 Å². The van der Waals surface area contributed by atoms with E-state index in [0.717, 1.165) is 38.5 Å². The van der Waals surface area contributed by atoms with Crippen LogP contribution in [0.2, 0.25) is 5.15 Å². The molecule has 0 bridgehead atoms. The summed E-state index contributed by atoms with van der Waals surface area (Å²) >= 11 is 6.16. The molecule has 0 amide bonds. The lowest BCUT2D eigenvalue weighted by molar-refractivity contribution is 0.828. The van der Waals surface area contributed by atoms with E-state index in [-0.39, 0.29) is 0 Å². The van der Waals surface area contributed by atoms with Gasteiger partial charge in [0.25, 0.3) is 0 Å². The second-order valence-electron chi connectivity index (χ2n) is 4.93. The summed E-state index contributed by atoms with van der Waals surface area (Å²) in [5, 5.41) is 0.332. The van der Waals surface area contributed by atoms with Gasteiger partial charge in [0, 0.05) is 12.8 Å². The van der Waals surface area contributed by atoms with E-state index in [0.29, 0.717) is 28.0 Å². The molecule has 0 radical (unpaired) electrons. The number of fused-ring (bicyclic) bond motifs is 1. The molecule has 1 N–H and O–H groups in total. The van der Waals surface area contributed by atoms with Gasteiger partial charge in [0.1, 0.15) is 5.52 Å². The van der Waals surface area contributed by atoms with E-state index in [9.17, 15) is 0 Å². The Labute approximate surface area is 136 Å². The van der Waals surface area contributed by atoms with Crippen LogP contribution in [0, 0.1) is 23.7 Å². The van der Waals surface area contributed by atoms with Gasteiger partial charge in [-0.05, 0) is 24.7 Å². The van der Waals surface area contributed by atoms with Crippen molar-refractivity contribution in [3.05, 3.63) is 16.8 Å². The molecule has 0 aliphatic heterocycles. The number of H-pyrrole nitrogens is 1. The standard InChI is InChI=1S/C17H19ClN4/c1-3-5-7-9-11-13-19-15-16(18)20-14(22-17(15)21-13)12-10-8-6-4-2/h3-8H2,1-2H3,(H,19,20,21,22). The highest BCUT2D eigenvalue weighted by Gasteiger charge is 2.09. The largest absolute Gasteiger partial charge is 0.327 e. The van der Waals surface area contributed by atoms with Crippen molar-refractivity contribution in [3.63, 3.8) is 0 Å². The third-order valence-electron chi connectivity index (χ3n) is 3.02. The predicted molar refractivity (Wildman–Crippen MR) is 89.5 cm³/mol. The maximum atomic E-state index is 6.16. The van der Waals surface area contributed by atoms with Gasteiger partial charge in [-0.2, -0.15) is 4.98 Å². The van der Waals surface area contributed by atoms with Crippen LogP contribution in [-0.2, 0) is 0 Å². The van der Waals surface area contributed by atoms with Crippen LogP contribution in [0.15, 0.2) is 0 Å². The number of unbranched alkanes of at least 4 members (excludes halogenated alkanes) is 4. The minimum atomic E-state index is 0.332. The zero-order chi connectivity index (χ0) is 15.8. The summed E-state index contributed by atoms with van der Waals surface area (Å²) < 4.78 is 0. The van der Waals surface area contributed by atoms with Crippen LogP contribution in [0.1, 0.15) is 64.0 Å². The Kier molecular flexibility index (Phi) is 6.25. The van der Waals surface area contributed by atoms with Crippen LogP contribution in [0.5, 0.6) is 0 Å². The summed E-state index contributed by atoms with van der Waals surface area (Å²) in [6.07, 6.45) is 6.11. The van der Waals surface area contributed by atoms with Gasteiger partial charge < -0.3 is 4.98 Å². The molecule has 5 heteroatoms. The molecule has 0 aliphatic rings. The monoisotopic (exact) mass is 314 g/mol. The van der Waals surface area contributed by atoms with Gasteiger partial charge in [0.15, 0.2) is 16.6 Å². The first-order valence-electron chi connectivity index (χ1n) is 7.65. The molecule has 114 valence electrons. The van der Waals surface area contributed by atoms with Gasteiger partial charge in [-0.25, -0.2) is 9.97 Å². The predicted octanol–water partition coefficient (Wildman–Crippen LogP) is 4.09. The van der Waals surface area contributed by atoms with Crippen molar-refractivity contribution in [3.8, 4) is 23.7 Å². The molecule has 2 aromatic heterocycles. The molecular formula is C17H19ClN4. The van der Waals surface area contributed by atoms with Crippen molar-refractivity contribution in [1.82, 2.24) is 19.9 Å². The number of nitrogens with one attached hydrogen (secondary N) is 1. The number of rotatable bonds is 4.